The summed E-state index contributed by atoms with van der Waals surface area (Å²) in [5, 5.41) is 2.09. The molecule has 54 valence electrons. The molecule has 0 bridgehead atoms. The van der Waals surface area contributed by atoms with Gasteiger partial charge in [-0.25, -0.2) is 0 Å². The summed E-state index contributed by atoms with van der Waals surface area (Å²) in [4.78, 5) is 20.9. The molecule has 1 rings (SSSR count). The van der Waals surface area contributed by atoms with Crippen LogP contribution < -0.4 is 5.56 Å². The molecule has 0 aliphatic rings. The summed E-state index contributed by atoms with van der Waals surface area (Å²) in [5.41, 5.74) is -0.309. The van der Waals surface area contributed by atoms with Gasteiger partial charge in [-0.2, -0.15) is 5.16 Å². The van der Waals surface area contributed by atoms with E-state index in [9.17, 15) is 9.59 Å². The second-order valence-corrected chi connectivity index (χ2v) is 2.06. The Bertz CT molecular complexity index is 283. The Kier molecular flexibility index (Phi) is 1.71. The summed E-state index contributed by atoms with van der Waals surface area (Å²) in [5.74, 6) is 0.361. The van der Waals surface area contributed by atoms with Crippen molar-refractivity contribution in [3.8, 4) is 0 Å². The minimum absolute atomic E-state index is 0.0252. The summed E-state index contributed by atoms with van der Waals surface area (Å²) >= 11 is 0. The third-order valence-electron chi connectivity index (χ3n) is 0.998. The van der Waals surface area contributed by atoms with Gasteiger partial charge < -0.3 is 4.52 Å². The first-order valence-corrected chi connectivity index (χ1v) is 2.85. The smallest absolute Gasteiger partial charge is 0.280 e. The van der Waals surface area contributed by atoms with Crippen LogP contribution >= 0.6 is 0 Å². The molecule has 0 aromatic carbocycles. The average molecular weight is 141 g/mol. The first-order chi connectivity index (χ1) is 4.68. The Morgan fingerprint density at radius 1 is 1.80 bits per heavy atom. The quantitative estimate of drug-likeness (QED) is 0.635. The van der Waals surface area contributed by atoms with Gasteiger partial charge in [-0.15, -0.1) is 0 Å². The number of aromatic nitrogens is 1. The molecule has 1 aromatic heterocycles. The molecule has 0 fully saturated rings. The van der Waals surface area contributed by atoms with Gasteiger partial charge >= 0.3 is 0 Å². The molecule has 1 heterocycles. The number of hydrogen-bond donors (Lipinski definition) is 1. The highest BCUT2D eigenvalue weighted by atomic mass is 16.5. The highest BCUT2D eigenvalue weighted by Crippen LogP contribution is 1.93. The monoisotopic (exact) mass is 141 g/mol. The Labute approximate surface area is 56.8 Å². The van der Waals surface area contributed by atoms with Crippen molar-refractivity contribution in [2.24, 2.45) is 0 Å². The van der Waals surface area contributed by atoms with E-state index in [2.05, 4.69) is 9.68 Å². The van der Waals surface area contributed by atoms with Crippen LogP contribution in [0.2, 0.25) is 0 Å². The number of carbonyl (C=O) groups excluding carboxylic acids is 1. The summed E-state index contributed by atoms with van der Waals surface area (Å²) in [6, 6.07) is 1.27. The SMILES string of the molecule is CC(=O)Cc1cc(=O)[nH]o1. The van der Waals surface area contributed by atoms with Gasteiger partial charge in [-0.3, -0.25) is 9.59 Å². The van der Waals surface area contributed by atoms with Gasteiger partial charge in [-0.05, 0) is 6.92 Å². The number of nitrogens with one attached hydrogen (secondary N) is 1. The van der Waals surface area contributed by atoms with Crippen molar-refractivity contribution >= 4 is 5.78 Å². The van der Waals surface area contributed by atoms with Crippen molar-refractivity contribution < 1.29 is 9.32 Å². The fraction of sp³-hybridized carbons (Fsp3) is 0.333. The summed E-state index contributed by atoms with van der Waals surface area (Å²) in [7, 11) is 0. The van der Waals surface area contributed by atoms with E-state index in [0.29, 0.717) is 5.76 Å². The minimum atomic E-state index is -0.309. The lowest BCUT2D eigenvalue weighted by molar-refractivity contribution is -0.116. The van der Waals surface area contributed by atoms with Crippen LogP contribution in [0.15, 0.2) is 15.4 Å². The van der Waals surface area contributed by atoms with Crippen LogP contribution in [-0.2, 0) is 11.2 Å². The van der Waals surface area contributed by atoms with Crippen molar-refractivity contribution in [2.75, 3.05) is 0 Å². The van der Waals surface area contributed by atoms with E-state index < -0.39 is 0 Å². The van der Waals surface area contributed by atoms with Crippen molar-refractivity contribution in [2.45, 2.75) is 13.3 Å². The van der Waals surface area contributed by atoms with Crippen LogP contribution in [0, 0.1) is 0 Å². The van der Waals surface area contributed by atoms with E-state index in [0.717, 1.165) is 0 Å². The van der Waals surface area contributed by atoms with Crippen LogP contribution in [0.4, 0.5) is 0 Å². The van der Waals surface area contributed by atoms with Gasteiger partial charge in [0.05, 0.1) is 6.42 Å². The normalized spacial score (nSPS) is 9.70. The van der Waals surface area contributed by atoms with Gasteiger partial charge in [0, 0.05) is 6.07 Å². The number of Topliss-reactive ketones (excluding diaryl/α,β-unsaturated/α-hetero) is 1. The lowest BCUT2D eigenvalue weighted by Gasteiger charge is -1.84. The standard InChI is InChI=1S/C6H7NO3/c1-4(8)2-5-3-6(9)7-10-5/h3H,2H2,1H3,(H,7,9). The predicted molar refractivity (Wildman–Crippen MR) is 33.7 cm³/mol. The maximum Gasteiger partial charge on any atom is 0.280 e. The summed E-state index contributed by atoms with van der Waals surface area (Å²) < 4.78 is 4.62. The zero-order chi connectivity index (χ0) is 7.56. The second kappa shape index (κ2) is 2.51. The van der Waals surface area contributed by atoms with E-state index in [1.165, 1.54) is 13.0 Å². The van der Waals surface area contributed by atoms with E-state index in [1.807, 2.05) is 0 Å². The van der Waals surface area contributed by atoms with Gasteiger partial charge in [0.15, 0.2) is 0 Å². The van der Waals surface area contributed by atoms with Gasteiger partial charge in [0.1, 0.15) is 11.5 Å². The number of rotatable bonds is 2. The zero-order valence-corrected chi connectivity index (χ0v) is 5.51. The molecule has 10 heavy (non-hydrogen) atoms. The topological polar surface area (TPSA) is 63.1 Å². The molecular weight excluding hydrogens is 134 g/mol. The van der Waals surface area contributed by atoms with Crippen LogP contribution in [0.25, 0.3) is 0 Å². The zero-order valence-electron chi connectivity index (χ0n) is 5.51. The molecule has 4 nitrogen and oxygen atoms in total. The average Bonchev–Trinajstić information content (AvgIpc) is 2.13. The number of ketones is 1. The maximum atomic E-state index is 10.4. The molecule has 1 N–H and O–H groups in total. The highest BCUT2D eigenvalue weighted by Gasteiger charge is 2.01. The Morgan fingerprint density at radius 2 is 2.50 bits per heavy atom. The molecule has 0 unspecified atom stereocenters. The van der Waals surface area contributed by atoms with Crippen molar-refractivity contribution in [1.82, 2.24) is 5.16 Å². The van der Waals surface area contributed by atoms with E-state index in [1.54, 1.807) is 0 Å². The highest BCUT2D eigenvalue weighted by molar-refractivity contribution is 5.77. The molecule has 0 radical (unpaired) electrons. The molecule has 0 saturated heterocycles. The predicted octanol–water partition coefficient (Wildman–Crippen LogP) is 0.0994. The fourth-order valence-corrected chi connectivity index (χ4v) is 0.653. The van der Waals surface area contributed by atoms with Gasteiger partial charge in [-0.1, -0.05) is 0 Å². The van der Waals surface area contributed by atoms with Crippen LogP contribution in [0.3, 0.4) is 0 Å². The maximum absolute atomic E-state index is 10.4. The fourth-order valence-electron chi connectivity index (χ4n) is 0.653. The summed E-state index contributed by atoms with van der Waals surface area (Å²) in [6.45, 7) is 1.44. The Balaban J connectivity index is 2.76. The molecule has 0 aliphatic carbocycles. The Hall–Kier alpha value is -1.32. The van der Waals surface area contributed by atoms with E-state index in [4.69, 9.17) is 0 Å². The van der Waals surface area contributed by atoms with E-state index in [-0.39, 0.29) is 17.8 Å². The second-order valence-electron chi connectivity index (χ2n) is 2.06. The van der Waals surface area contributed by atoms with E-state index >= 15 is 0 Å². The van der Waals surface area contributed by atoms with Crippen LogP contribution in [0.5, 0.6) is 0 Å². The molecule has 0 amide bonds. The largest absolute Gasteiger partial charge is 0.383 e. The minimum Gasteiger partial charge on any atom is -0.383 e. The molecule has 4 heteroatoms. The number of aromatic amines is 1. The molecule has 0 saturated carbocycles. The number of H-pyrrole nitrogens is 1. The van der Waals surface area contributed by atoms with Gasteiger partial charge in [0.2, 0.25) is 0 Å². The van der Waals surface area contributed by atoms with Crippen molar-refractivity contribution in [3.63, 3.8) is 0 Å². The van der Waals surface area contributed by atoms with Gasteiger partial charge in [0.25, 0.3) is 5.56 Å². The number of hydrogen-bond acceptors (Lipinski definition) is 3. The summed E-state index contributed by atoms with van der Waals surface area (Å²) in [6.07, 6.45) is 0.179. The molecule has 0 aliphatic heterocycles. The number of carbonyl (C=O) groups is 1. The van der Waals surface area contributed by atoms with Crippen LogP contribution in [-0.4, -0.2) is 10.9 Å². The van der Waals surface area contributed by atoms with Crippen molar-refractivity contribution in [3.05, 3.63) is 22.2 Å². The third kappa shape index (κ3) is 1.58. The molecular formula is C6H7NO3. The molecule has 1 aromatic rings. The molecule has 0 spiro atoms. The Morgan fingerprint density at radius 3 is 2.90 bits per heavy atom. The van der Waals surface area contributed by atoms with Crippen molar-refractivity contribution in [1.29, 1.82) is 0 Å². The first kappa shape index (κ1) is 6.80. The lowest BCUT2D eigenvalue weighted by Crippen LogP contribution is -1.96. The first-order valence-electron chi connectivity index (χ1n) is 2.85. The lowest BCUT2D eigenvalue weighted by atomic mass is 10.2. The van der Waals surface area contributed by atoms with Crippen LogP contribution in [0.1, 0.15) is 12.7 Å². The molecule has 0 atom stereocenters. The third-order valence-corrected chi connectivity index (χ3v) is 0.998.